The first kappa shape index (κ1) is 28.3. The molecule has 7 nitrogen and oxygen atoms in total. The molecule has 2 N–H and O–H groups in total. The fraction of sp³-hybridized carbons (Fsp3) is 0.419. The van der Waals surface area contributed by atoms with E-state index in [0.29, 0.717) is 46.4 Å². The molecule has 1 aromatic heterocycles. The summed E-state index contributed by atoms with van der Waals surface area (Å²) >= 11 is 5.96. The Hall–Kier alpha value is -2.87. The molecule has 0 bridgehead atoms. The number of ether oxygens (including phenoxy) is 2. The normalized spacial score (nSPS) is 24.7. The summed E-state index contributed by atoms with van der Waals surface area (Å²) in [6.07, 6.45) is 5.52. The Balaban J connectivity index is 1.15. The van der Waals surface area contributed by atoms with E-state index in [1.807, 2.05) is 18.2 Å². The van der Waals surface area contributed by atoms with E-state index in [4.69, 9.17) is 21.1 Å². The molecule has 0 radical (unpaired) electrons. The Morgan fingerprint density at radius 2 is 1.98 bits per heavy atom. The number of pyridine rings is 1. The standard InChI is InChI=1S/C31H33ClFN3O4S/c1-31(26-8-7-23(32)16-27(26)33)39-29-6-2-5-25(30(29)40-31)21-9-11-36(12-10-21)19-28-22(14-20(17-34)18-35-28)15-24-4-3-13-41(24,37)38/h2,5-8,14,16,18,21,24,37-38H,3-4,9-13,15,19H2,1H3. The third kappa shape index (κ3) is 5.64. The van der Waals surface area contributed by atoms with E-state index in [0.717, 1.165) is 55.6 Å². The maximum atomic E-state index is 14.8. The van der Waals surface area contributed by atoms with E-state index in [2.05, 4.69) is 22.0 Å². The van der Waals surface area contributed by atoms with Gasteiger partial charge in [0.15, 0.2) is 11.5 Å². The zero-order valence-electron chi connectivity index (χ0n) is 22.9. The minimum Gasteiger partial charge on any atom is -0.444 e. The van der Waals surface area contributed by atoms with Crippen molar-refractivity contribution in [3.8, 4) is 17.6 Å². The Bertz CT molecular complexity index is 1510. The summed E-state index contributed by atoms with van der Waals surface area (Å²) < 4.78 is 48.2. The lowest BCUT2D eigenvalue weighted by molar-refractivity contribution is -0.0712. The van der Waals surface area contributed by atoms with Crippen LogP contribution in [0.5, 0.6) is 11.5 Å². The molecule has 0 amide bonds. The van der Waals surface area contributed by atoms with Crippen molar-refractivity contribution >= 4 is 22.2 Å². The lowest BCUT2D eigenvalue weighted by Gasteiger charge is -2.35. The van der Waals surface area contributed by atoms with Gasteiger partial charge in [-0.05, 0) is 87.0 Å². The van der Waals surface area contributed by atoms with Crippen molar-refractivity contribution in [3.05, 3.63) is 87.4 Å². The number of likely N-dealkylation sites (tertiary alicyclic amines) is 1. The number of benzene rings is 2. The molecule has 2 atom stereocenters. The molecule has 6 rings (SSSR count). The van der Waals surface area contributed by atoms with Crippen molar-refractivity contribution in [2.75, 3.05) is 18.8 Å². The minimum absolute atomic E-state index is 0.183. The van der Waals surface area contributed by atoms with E-state index in [-0.39, 0.29) is 11.2 Å². The predicted octanol–water partition coefficient (Wildman–Crippen LogP) is 7.22. The van der Waals surface area contributed by atoms with Crippen LogP contribution in [0, 0.1) is 17.1 Å². The molecular weight excluding hydrogens is 565 g/mol. The smallest absolute Gasteiger partial charge is 0.278 e. The van der Waals surface area contributed by atoms with Crippen LogP contribution in [0.15, 0.2) is 48.7 Å². The number of aromatic nitrogens is 1. The first-order valence-electron chi connectivity index (χ1n) is 14.0. The molecule has 2 fully saturated rings. The SMILES string of the molecule is CC1(c2ccc(Cl)cc2F)Oc2cccc(C3CCN(Cc4ncc(C#N)cc4CC4CCCS4(O)O)CC3)c2O1. The lowest BCUT2D eigenvalue weighted by Crippen LogP contribution is -2.34. The monoisotopic (exact) mass is 597 g/mol. The van der Waals surface area contributed by atoms with Crippen LogP contribution in [0.4, 0.5) is 4.39 Å². The summed E-state index contributed by atoms with van der Waals surface area (Å²) in [5.41, 5.74) is 3.66. The Kier molecular flexibility index (Phi) is 7.64. The van der Waals surface area contributed by atoms with Crippen molar-refractivity contribution in [1.29, 1.82) is 5.26 Å². The number of hydrogen-bond donors (Lipinski definition) is 2. The molecule has 2 saturated heterocycles. The lowest BCUT2D eigenvalue weighted by atomic mass is 9.88. The van der Waals surface area contributed by atoms with Crippen LogP contribution in [-0.4, -0.2) is 43.1 Å². The second-order valence-electron chi connectivity index (χ2n) is 11.3. The largest absolute Gasteiger partial charge is 0.444 e. The van der Waals surface area contributed by atoms with E-state index in [9.17, 15) is 18.8 Å². The van der Waals surface area contributed by atoms with Crippen molar-refractivity contribution < 1.29 is 23.0 Å². The summed E-state index contributed by atoms with van der Waals surface area (Å²) in [7, 11) is -2.60. The van der Waals surface area contributed by atoms with E-state index >= 15 is 0 Å². The molecule has 10 heteroatoms. The fourth-order valence-corrected chi connectivity index (χ4v) is 8.40. The number of hydrogen-bond acceptors (Lipinski definition) is 7. The number of rotatable bonds is 6. The van der Waals surface area contributed by atoms with Crippen molar-refractivity contribution in [3.63, 3.8) is 0 Å². The second-order valence-corrected chi connectivity index (χ2v) is 14.3. The highest BCUT2D eigenvalue weighted by Crippen LogP contribution is 2.53. The van der Waals surface area contributed by atoms with Crippen LogP contribution < -0.4 is 9.47 Å². The number of para-hydroxylation sites is 1. The molecule has 3 aromatic rings. The number of fused-ring (bicyclic) bond motifs is 1. The first-order valence-corrected chi connectivity index (χ1v) is 16.1. The third-order valence-electron chi connectivity index (χ3n) is 8.57. The maximum absolute atomic E-state index is 14.8. The van der Waals surface area contributed by atoms with Crippen LogP contribution in [0.25, 0.3) is 0 Å². The fourth-order valence-electron chi connectivity index (χ4n) is 6.33. The summed E-state index contributed by atoms with van der Waals surface area (Å²) in [5.74, 6) is 0.212. The predicted molar refractivity (Wildman–Crippen MR) is 157 cm³/mol. The Morgan fingerprint density at radius 3 is 2.68 bits per heavy atom. The van der Waals surface area contributed by atoms with Gasteiger partial charge >= 0.3 is 0 Å². The highest BCUT2D eigenvalue weighted by atomic mass is 35.5. The van der Waals surface area contributed by atoms with Gasteiger partial charge in [0.2, 0.25) is 0 Å². The average Bonchev–Trinajstić information content (AvgIpc) is 3.47. The first-order chi connectivity index (χ1) is 19.6. The molecule has 0 saturated carbocycles. The molecule has 0 aliphatic carbocycles. The summed E-state index contributed by atoms with van der Waals surface area (Å²) in [6, 6.07) is 14.4. The third-order valence-corrected chi connectivity index (χ3v) is 11.2. The molecular formula is C31H33ClFN3O4S. The second kappa shape index (κ2) is 11.1. The zero-order valence-corrected chi connectivity index (χ0v) is 24.4. The molecule has 41 heavy (non-hydrogen) atoms. The van der Waals surface area contributed by atoms with Crippen molar-refractivity contribution in [2.45, 2.75) is 62.5 Å². The van der Waals surface area contributed by atoms with Crippen molar-refractivity contribution in [1.82, 2.24) is 9.88 Å². The van der Waals surface area contributed by atoms with Crippen LogP contribution in [0.2, 0.25) is 5.02 Å². The van der Waals surface area contributed by atoms with Gasteiger partial charge in [0, 0.05) is 36.0 Å². The van der Waals surface area contributed by atoms with Gasteiger partial charge in [0.25, 0.3) is 5.79 Å². The van der Waals surface area contributed by atoms with Crippen LogP contribution in [0.3, 0.4) is 0 Å². The number of nitrogens with zero attached hydrogens (tertiary/aromatic N) is 3. The highest BCUT2D eigenvalue weighted by molar-refractivity contribution is 8.25. The maximum Gasteiger partial charge on any atom is 0.278 e. The highest BCUT2D eigenvalue weighted by Gasteiger charge is 2.43. The van der Waals surface area contributed by atoms with Gasteiger partial charge in [0.05, 0.1) is 22.1 Å². The quantitative estimate of drug-likeness (QED) is 0.309. The van der Waals surface area contributed by atoms with Gasteiger partial charge in [-0.15, -0.1) is 0 Å². The summed E-state index contributed by atoms with van der Waals surface area (Å²) in [4.78, 5) is 6.98. The van der Waals surface area contributed by atoms with Gasteiger partial charge in [-0.25, -0.2) is 4.39 Å². The average molecular weight is 598 g/mol. The Labute approximate surface area is 246 Å². The van der Waals surface area contributed by atoms with Gasteiger partial charge < -0.3 is 9.47 Å². The molecule has 3 aliphatic rings. The Morgan fingerprint density at radius 1 is 1.17 bits per heavy atom. The molecule has 4 heterocycles. The van der Waals surface area contributed by atoms with Crippen LogP contribution >= 0.6 is 22.2 Å². The summed E-state index contributed by atoms with van der Waals surface area (Å²) in [5, 5.41) is 9.56. The molecule has 3 aliphatic heterocycles. The van der Waals surface area contributed by atoms with E-state index in [1.54, 1.807) is 25.3 Å². The summed E-state index contributed by atoms with van der Waals surface area (Å²) in [6.45, 7) is 4.05. The number of halogens is 2. The number of piperidine rings is 1. The van der Waals surface area contributed by atoms with Gasteiger partial charge in [0.1, 0.15) is 11.9 Å². The van der Waals surface area contributed by atoms with Gasteiger partial charge in [-0.2, -0.15) is 15.9 Å². The topological polar surface area (TPSA) is 98.8 Å². The molecule has 216 valence electrons. The molecule has 0 spiro atoms. The van der Waals surface area contributed by atoms with E-state index in [1.165, 1.54) is 6.07 Å². The van der Waals surface area contributed by atoms with E-state index < -0.39 is 22.2 Å². The van der Waals surface area contributed by atoms with Crippen LogP contribution in [-0.2, 0) is 18.8 Å². The minimum atomic E-state index is -2.60. The van der Waals surface area contributed by atoms with Crippen molar-refractivity contribution in [2.24, 2.45) is 0 Å². The number of nitriles is 1. The van der Waals surface area contributed by atoms with Gasteiger partial charge in [-0.1, -0.05) is 23.7 Å². The van der Waals surface area contributed by atoms with Crippen LogP contribution in [0.1, 0.15) is 66.5 Å². The molecule has 2 aromatic carbocycles. The van der Waals surface area contributed by atoms with Gasteiger partial charge in [-0.3, -0.25) is 19.0 Å². The zero-order chi connectivity index (χ0) is 28.8. The molecule has 2 unspecified atom stereocenters.